The fourth-order valence-electron chi connectivity index (χ4n) is 3.28. The molecule has 0 bridgehead atoms. The molecular weight excluding hydrogens is 324 g/mol. The SMILES string of the molecule is CCCC(C)(C)OOC1CCCCC1(OOC(C)(C)CCC)C(=O)O. The lowest BCUT2D eigenvalue weighted by Gasteiger charge is -2.40. The van der Waals surface area contributed by atoms with Gasteiger partial charge in [-0.1, -0.05) is 33.1 Å². The molecule has 0 radical (unpaired) electrons. The minimum Gasteiger partial charge on any atom is -0.479 e. The van der Waals surface area contributed by atoms with Crippen LogP contribution in [-0.4, -0.2) is 34.0 Å². The largest absolute Gasteiger partial charge is 0.479 e. The number of carboxylic acid groups (broad SMARTS) is 1. The Morgan fingerprint density at radius 3 is 2.12 bits per heavy atom. The zero-order valence-electron chi connectivity index (χ0n) is 16.7. The van der Waals surface area contributed by atoms with E-state index < -0.39 is 28.9 Å². The van der Waals surface area contributed by atoms with Gasteiger partial charge in [0.05, 0.1) is 11.2 Å². The molecule has 148 valence electrons. The van der Waals surface area contributed by atoms with Crippen LogP contribution in [0.3, 0.4) is 0 Å². The van der Waals surface area contributed by atoms with Gasteiger partial charge in [-0.25, -0.2) is 24.3 Å². The van der Waals surface area contributed by atoms with Crippen LogP contribution in [0.5, 0.6) is 0 Å². The molecule has 0 aromatic heterocycles. The smallest absolute Gasteiger partial charge is 0.342 e. The summed E-state index contributed by atoms with van der Waals surface area (Å²) in [7, 11) is 0. The lowest BCUT2D eigenvalue weighted by atomic mass is 9.82. The molecule has 1 N–H and O–H groups in total. The highest BCUT2D eigenvalue weighted by atomic mass is 17.2. The van der Waals surface area contributed by atoms with E-state index in [9.17, 15) is 9.90 Å². The predicted molar refractivity (Wildman–Crippen MR) is 94.9 cm³/mol. The van der Waals surface area contributed by atoms with Crippen LogP contribution in [0.2, 0.25) is 0 Å². The standard InChI is InChI=1S/C19H36O6/c1-7-12-17(3,4)23-22-15-11-9-10-14-19(15,16(20)21)25-24-18(5,6)13-8-2/h15H,7-14H2,1-6H3,(H,20,21). The fraction of sp³-hybridized carbons (Fsp3) is 0.947. The van der Waals surface area contributed by atoms with Gasteiger partial charge < -0.3 is 5.11 Å². The maximum Gasteiger partial charge on any atom is 0.342 e. The van der Waals surface area contributed by atoms with E-state index in [0.717, 1.165) is 38.5 Å². The van der Waals surface area contributed by atoms with Gasteiger partial charge >= 0.3 is 5.97 Å². The predicted octanol–water partition coefficient (Wildman–Crippen LogP) is 4.81. The van der Waals surface area contributed by atoms with Gasteiger partial charge in [0.1, 0.15) is 6.10 Å². The van der Waals surface area contributed by atoms with E-state index in [1.165, 1.54) is 0 Å². The molecule has 0 aromatic carbocycles. The third-order valence-corrected chi connectivity index (χ3v) is 4.66. The number of aliphatic carboxylic acids is 1. The average Bonchev–Trinajstić information content (AvgIpc) is 2.51. The van der Waals surface area contributed by atoms with E-state index in [2.05, 4.69) is 6.92 Å². The lowest BCUT2D eigenvalue weighted by Crippen LogP contribution is -2.56. The molecule has 1 aliphatic rings. The fourth-order valence-corrected chi connectivity index (χ4v) is 3.28. The third-order valence-electron chi connectivity index (χ3n) is 4.66. The number of hydrogen-bond donors (Lipinski definition) is 1. The Morgan fingerprint density at radius 1 is 1.04 bits per heavy atom. The quantitative estimate of drug-likeness (QED) is 0.421. The molecule has 2 unspecified atom stereocenters. The Kier molecular flexibility index (Phi) is 8.32. The van der Waals surface area contributed by atoms with E-state index in [1.54, 1.807) is 0 Å². The van der Waals surface area contributed by atoms with Crippen LogP contribution < -0.4 is 0 Å². The van der Waals surface area contributed by atoms with Gasteiger partial charge in [-0.15, -0.1) is 0 Å². The van der Waals surface area contributed by atoms with E-state index in [4.69, 9.17) is 19.6 Å². The molecule has 2 atom stereocenters. The molecule has 25 heavy (non-hydrogen) atoms. The Bertz CT molecular complexity index is 420. The minimum atomic E-state index is -1.54. The molecular formula is C19H36O6. The summed E-state index contributed by atoms with van der Waals surface area (Å²) in [6, 6.07) is 0. The third kappa shape index (κ3) is 6.51. The van der Waals surface area contributed by atoms with Gasteiger partial charge in [0, 0.05) is 0 Å². The van der Waals surface area contributed by atoms with Crippen molar-refractivity contribution in [3.63, 3.8) is 0 Å². The minimum absolute atomic E-state index is 0.340. The Morgan fingerprint density at radius 2 is 1.60 bits per heavy atom. The van der Waals surface area contributed by atoms with E-state index in [-0.39, 0.29) is 0 Å². The van der Waals surface area contributed by atoms with Crippen molar-refractivity contribution < 1.29 is 29.5 Å². The molecule has 1 saturated carbocycles. The molecule has 0 aromatic rings. The van der Waals surface area contributed by atoms with E-state index in [1.807, 2.05) is 34.6 Å². The Labute approximate surface area is 152 Å². The Balaban J connectivity index is 2.86. The van der Waals surface area contributed by atoms with Crippen molar-refractivity contribution >= 4 is 5.97 Å². The summed E-state index contributed by atoms with van der Waals surface area (Å²) in [5, 5.41) is 9.88. The number of hydrogen-bond acceptors (Lipinski definition) is 5. The van der Waals surface area contributed by atoms with E-state index in [0.29, 0.717) is 12.8 Å². The number of rotatable bonds is 11. The topological polar surface area (TPSA) is 74.2 Å². The highest BCUT2D eigenvalue weighted by Crippen LogP contribution is 2.37. The maximum atomic E-state index is 12.1. The second-order valence-corrected chi connectivity index (χ2v) is 8.29. The summed E-state index contributed by atoms with van der Waals surface area (Å²) in [5.41, 5.74) is -2.56. The first kappa shape index (κ1) is 22.4. The molecule has 1 fully saturated rings. The number of carboxylic acids is 1. The van der Waals surface area contributed by atoms with Crippen molar-refractivity contribution in [2.75, 3.05) is 0 Å². The summed E-state index contributed by atoms with van der Waals surface area (Å²) in [6.07, 6.45) is 5.29. The van der Waals surface area contributed by atoms with Crippen molar-refractivity contribution in [1.82, 2.24) is 0 Å². The highest BCUT2D eigenvalue weighted by molar-refractivity contribution is 5.78. The lowest BCUT2D eigenvalue weighted by molar-refractivity contribution is -0.458. The van der Waals surface area contributed by atoms with Gasteiger partial charge in [0.25, 0.3) is 0 Å². The van der Waals surface area contributed by atoms with Gasteiger partial charge in [-0.2, -0.15) is 0 Å². The maximum absolute atomic E-state index is 12.1. The normalized spacial score (nSPS) is 25.1. The van der Waals surface area contributed by atoms with Crippen molar-refractivity contribution in [3.05, 3.63) is 0 Å². The first-order valence-electron chi connectivity index (χ1n) is 9.53. The zero-order chi connectivity index (χ0) is 19.1. The van der Waals surface area contributed by atoms with Gasteiger partial charge in [0.15, 0.2) is 0 Å². The summed E-state index contributed by atoms with van der Waals surface area (Å²) >= 11 is 0. The monoisotopic (exact) mass is 360 g/mol. The zero-order valence-corrected chi connectivity index (χ0v) is 16.7. The van der Waals surface area contributed by atoms with Crippen LogP contribution in [0.25, 0.3) is 0 Å². The summed E-state index contributed by atoms with van der Waals surface area (Å²) in [4.78, 5) is 34.4. The molecule has 0 amide bonds. The number of carbonyl (C=O) groups is 1. The Hall–Kier alpha value is -0.690. The molecule has 6 heteroatoms. The molecule has 0 saturated heterocycles. The van der Waals surface area contributed by atoms with Gasteiger partial charge in [-0.05, 0) is 59.8 Å². The van der Waals surface area contributed by atoms with Crippen LogP contribution in [0.4, 0.5) is 0 Å². The molecule has 1 aliphatic carbocycles. The second-order valence-electron chi connectivity index (χ2n) is 8.29. The van der Waals surface area contributed by atoms with Gasteiger partial charge in [0.2, 0.25) is 5.60 Å². The van der Waals surface area contributed by atoms with Crippen molar-refractivity contribution in [2.45, 2.75) is 116 Å². The summed E-state index contributed by atoms with van der Waals surface area (Å²) < 4.78 is 0. The molecule has 0 spiro atoms. The summed E-state index contributed by atoms with van der Waals surface area (Å²) in [5.74, 6) is -1.07. The van der Waals surface area contributed by atoms with Crippen LogP contribution >= 0.6 is 0 Å². The van der Waals surface area contributed by atoms with Crippen molar-refractivity contribution in [2.24, 2.45) is 0 Å². The van der Waals surface area contributed by atoms with Crippen molar-refractivity contribution in [1.29, 1.82) is 0 Å². The molecule has 0 aliphatic heterocycles. The van der Waals surface area contributed by atoms with E-state index >= 15 is 0 Å². The second kappa shape index (κ2) is 9.31. The average molecular weight is 360 g/mol. The van der Waals surface area contributed by atoms with Crippen LogP contribution in [0, 0.1) is 0 Å². The first-order valence-corrected chi connectivity index (χ1v) is 9.53. The van der Waals surface area contributed by atoms with Crippen LogP contribution in [-0.2, 0) is 24.3 Å². The molecule has 1 rings (SSSR count). The van der Waals surface area contributed by atoms with Crippen LogP contribution in [0.1, 0.15) is 92.9 Å². The highest BCUT2D eigenvalue weighted by Gasteiger charge is 2.53. The van der Waals surface area contributed by atoms with Gasteiger partial charge in [-0.3, -0.25) is 0 Å². The van der Waals surface area contributed by atoms with Crippen molar-refractivity contribution in [3.8, 4) is 0 Å². The summed E-state index contributed by atoms with van der Waals surface area (Å²) in [6.45, 7) is 11.8. The first-order chi connectivity index (χ1) is 11.6. The van der Waals surface area contributed by atoms with Crippen LogP contribution in [0.15, 0.2) is 0 Å². The molecule has 0 heterocycles. The molecule has 6 nitrogen and oxygen atoms in total.